The first-order valence-corrected chi connectivity index (χ1v) is 8.61. The number of hydrogen-bond acceptors (Lipinski definition) is 4. The van der Waals surface area contributed by atoms with Crippen LogP contribution < -0.4 is 9.64 Å². The number of benzene rings is 2. The molecular weight excluding hydrogens is 322 g/mol. The molecule has 0 saturated carbocycles. The molecule has 0 atom stereocenters. The standard InChI is InChI=1S/C19H17NO3S/c1-3-24-17-16(13-7-5-4-6-8-13)18(21)20(19(17)22)14-9-11-15(23-2)12-10-14/h4-12H,3H2,1-2H3. The second-order valence-electron chi connectivity index (χ2n) is 5.15. The maximum atomic E-state index is 13.0. The predicted octanol–water partition coefficient (Wildman–Crippen LogP) is 3.73. The number of nitrogens with zero attached hydrogens (tertiary/aromatic N) is 1. The lowest BCUT2D eigenvalue weighted by molar-refractivity contribution is -0.119. The summed E-state index contributed by atoms with van der Waals surface area (Å²) in [4.78, 5) is 27.5. The monoisotopic (exact) mass is 339 g/mol. The highest BCUT2D eigenvalue weighted by molar-refractivity contribution is 8.04. The lowest BCUT2D eigenvalue weighted by Crippen LogP contribution is -2.31. The highest BCUT2D eigenvalue weighted by Gasteiger charge is 2.39. The largest absolute Gasteiger partial charge is 0.497 e. The molecule has 2 aromatic carbocycles. The van der Waals surface area contributed by atoms with Gasteiger partial charge in [0, 0.05) is 0 Å². The van der Waals surface area contributed by atoms with Crippen molar-refractivity contribution in [3.63, 3.8) is 0 Å². The lowest BCUT2D eigenvalue weighted by Gasteiger charge is -2.15. The molecule has 0 fully saturated rings. The van der Waals surface area contributed by atoms with E-state index in [-0.39, 0.29) is 11.8 Å². The van der Waals surface area contributed by atoms with Crippen LogP contribution in [-0.2, 0) is 9.59 Å². The molecule has 3 rings (SSSR count). The fourth-order valence-electron chi connectivity index (χ4n) is 2.61. The normalized spacial score (nSPS) is 14.5. The van der Waals surface area contributed by atoms with Crippen LogP contribution in [0.2, 0.25) is 0 Å². The van der Waals surface area contributed by atoms with Crippen molar-refractivity contribution in [1.29, 1.82) is 0 Å². The summed E-state index contributed by atoms with van der Waals surface area (Å²) in [5.74, 6) is 0.849. The van der Waals surface area contributed by atoms with Crippen LogP contribution in [0.5, 0.6) is 5.75 Å². The highest BCUT2D eigenvalue weighted by atomic mass is 32.2. The Morgan fingerprint density at radius 1 is 0.958 bits per heavy atom. The minimum Gasteiger partial charge on any atom is -0.497 e. The number of hydrogen-bond donors (Lipinski definition) is 0. The number of ether oxygens (including phenoxy) is 1. The van der Waals surface area contributed by atoms with Crippen LogP contribution in [0.3, 0.4) is 0 Å². The second kappa shape index (κ2) is 6.93. The first-order chi connectivity index (χ1) is 11.7. The van der Waals surface area contributed by atoms with Crippen LogP contribution in [0.1, 0.15) is 12.5 Å². The lowest BCUT2D eigenvalue weighted by atomic mass is 10.1. The molecule has 2 amide bonds. The summed E-state index contributed by atoms with van der Waals surface area (Å²) in [7, 11) is 1.58. The molecule has 1 heterocycles. The Morgan fingerprint density at radius 2 is 1.62 bits per heavy atom. The Morgan fingerprint density at radius 3 is 2.21 bits per heavy atom. The van der Waals surface area contributed by atoms with E-state index in [9.17, 15) is 9.59 Å². The third kappa shape index (κ3) is 2.83. The van der Waals surface area contributed by atoms with E-state index < -0.39 is 0 Å². The van der Waals surface area contributed by atoms with Crippen molar-refractivity contribution in [2.24, 2.45) is 0 Å². The van der Waals surface area contributed by atoms with E-state index in [1.165, 1.54) is 16.7 Å². The van der Waals surface area contributed by atoms with Crippen molar-refractivity contribution in [2.75, 3.05) is 17.8 Å². The van der Waals surface area contributed by atoms with Crippen LogP contribution in [0.15, 0.2) is 59.5 Å². The highest BCUT2D eigenvalue weighted by Crippen LogP contribution is 2.38. The van der Waals surface area contributed by atoms with Crippen molar-refractivity contribution in [3.05, 3.63) is 65.1 Å². The van der Waals surface area contributed by atoms with E-state index >= 15 is 0 Å². The molecule has 0 unspecified atom stereocenters. The number of thioether (sulfide) groups is 1. The average molecular weight is 339 g/mol. The molecule has 1 aliphatic heterocycles. The third-order valence-corrected chi connectivity index (χ3v) is 4.68. The molecule has 0 aromatic heterocycles. The van der Waals surface area contributed by atoms with Crippen LogP contribution in [0.4, 0.5) is 5.69 Å². The summed E-state index contributed by atoms with van der Waals surface area (Å²) < 4.78 is 5.13. The van der Waals surface area contributed by atoms with Crippen molar-refractivity contribution in [1.82, 2.24) is 0 Å². The molecule has 122 valence electrons. The Hall–Kier alpha value is -2.53. The molecule has 0 saturated heterocycles. The fourth-order valence-corrected chi connectivity index (χ4v) is 3.47. The summed E-state index contributed by atoms with van der Waals surface area (Å²) in [5, 5.41) is 0. The first-order valence-electron chi connectivity index (χ1n) is 7.62. The number of anilines is 1. The minimum absolute atomic E-state index is 0.268. The van der Waals surface area contributed by atoms with E-state index in [0.29, 0.717) is 21.9 Å². The smallest absolute Gasteiger partial charge is 0.272 e. The van der Waals surface area contributed by atoms with Gasteiger partial charge in [-0.1, -0.05) is 37.3 Å². The molecule has 0 N–H and O–H groups in total. The number of imide groups is 1. The van der Waals surface area contributed by atoms with Gasteiger partial charge in [-0.25, -0.2) is 4.90 Å². The quantitative estimate of drug-likeness (QED) is 0.779. The zero-order valence-electron chi connectivity index (χ0n) is 13.5. The summed E-state index contributed by atoms with van der Waals surface area (Å²) >= 11 is 1.40. The van der Waals surface area contributed by atoms with Gasteiger partial charge in [0.2, 0.25) is 0 Å². The molecule has 0 spiro atoms. The van der Waals surface area contributed by atoms with Gasteiger partial charge in [0.15, 0.2) is 0 Å². The molecule has 24 heavy (non-hydrogen) atoms. The third-order valence-electron chi connectivity index (χ3n) is 3.72. The van der Waals surface area contributed by atoms with E-state index in [1.54, 1.807) is 31.4 Å². The minimum atomic E-state index is -0.285. The van der Waals surface area contributed by atoms with Crippen LogP contribution in [0.25, 0.3) is 5.57 Å². The second-order valence-corrected chi connectivity index (χ2v) is 6.42. The van der Waals surface area contributed by atoms with Gasteiger partial charge in [0.05, 0.1) is 23.3 Å². The van der Waals surface area contributed by atoms with Gasteiger partial charge in [0.1, 0.15) is 5.75 Å². The zero-order valence-corrected chi connectivity index (χ0v) is 14.3. The Bertz CT molecular complexity index is 797. The van der Waals surface area contributed by atoms with Crippen molar-refractivity contribution < 1.29 is 14.3 Å². The van der Waals surface area contributed by atoms with Gasteiger partial charge in [-0.15, -0.1) is 11.8 Å². The predicted molar refractivity (Wildman–Crippen MR) is 97.0 cm³/mol. The summed E-state index contributed by atoms with van der Waals surface area (Å²) in [5.41, 5.74) is 1.79. The first kappa shape index (κ1) is 16.3. The number of rotatable bonds is 5. The van der Waals surface area contributed by atoms with E-state index in [0.717, 1.165) is 11.3 Å². The number of carbonyl (C=O) groups excluding carboxylic acids is 2. The molecule has 0 bridgehead atoms. The molecular formula is C19H17NO3S. The molecule has 0 aliphatic carbocycles. The molecule has 5 heteroatoms. The zero-order chi connectivity index (χ0) is 17.1. The van der Waals surface area contributed by atoms with Crippen molar-refractivity contribution in [2.45, 2.75) is 6.92 Å². The van der Waals surface area contributed by atoms with E-state index in [1.807, 2.05) is 37.3 Å². The molecule has 0 radical (unpaired) electrons. The number of carbonyl (C=O) groups is 2. The summed E-state index contributed by atoms with van der Waals surface area (Å²) in [6, 6.07) is 16.2. The average Bonchev–Trinajstić information content (AvgIpc) is 2.86. The Labute approximate surface area is 145 Å². The molecule has 4 nitrogen and oxygen atoms in total. The van der Waals surface area contributed by atoms with Gasteiger partial charge < -0.3 is 4.74 Å². The van der Waals surface area contributed by atoms with E-state index in [2.05, 4.69) is 0 Å². The van der Waals surface area contributed by atoms with E-state index in [4.69, 9.17) is 4.74 Å². The Balaban J connectivity index is 2.04. The Kier molecular flexibility index (Phi) is 4.71. The fraction of sp³-hybridized carbons (Fsp3) is 0.158. The van der Waals surface area contributed by atoms with Gasteiger partial charge in [0.25, 0.3) is 11.8 Å². The van der Waals surface area contributed by atoms with Gasteiger partial charge >= 0.3 is 0 Å². The van der Waals surface area contributed by atoms with Crippen LogP contribution in [-0.4, -0.2) is 24.7 Å². The van der Waals surface area contributed by atoms with Crippen molar-refractivity contribution in [3.8, 4) is 5.75 Å². The summed E-state index contributed by atoms with van der Waals surface area (Å²) in [6.45, 7) is 1.97. The molecule has 1 aliphatic rings. The maximum Gasteiger partial charge on any atom is 0.272 e. The van der Waals surface area contributed by atoms with Gasteiger partial charge in [-0.05, 0) is 35.6 Å². The topological polar surface area (TPSA) is 46.6 Å². The van der Waals surface area contributed by atoms with Gasteiger partial charge in [-0.3, -0.25) is 9.59 Å². The van der Waals surface area contributed by atoms with Gasteiger partial charge in [-0.2, -0.15) is 0 Å². The number of methoxy groups -OCH3 is 1. The number of amides is 2. The summed E-state index contributed by atoms with van der Waals surface area (Å²) in [6.07, 6.45) is 0. The molecule has 2 aromatic rings. The SMILES string of the molecule is CCSC1=C(c2ccccc2)C(=O)N(c2ccc(OC)cc2)C1=O. The maximum absolute atomic E-state index is 13.0. The van der Waals surface area contributed by atoms with Crippen molar-refractivity contribution >= 4 is 34.8 Å². The van der Waals surface area contributed by atoms with Crippen LogP contribution in [0, 0.1) is 0 Å². The van der Waals surface area contributed by atoms with Crippen LogP contribution >= 0.6 is 11.8 Å².